The van der Waals surface area contributed by atoms with Crippen LogP contribution < -0.4 is 5.32 Å². The number of amides is 1. The lowest BCUT2D eigenvalue weighted by molar-refractivity contribution is -0.132. The number of hydrogen-bond donors (Lipinski definition) is 1. The second-order valence-electron chi connectivity index (χ2n) is 5.25. The predicted molar refractivity (Wildman–Crippen MR) is 82.8 cm³/mol. The number of nitrogens with zero attached hydrogens (tertiary/aromatic N) is 3. The molecular weight excluding hydrogens is 284 g/mol. The van der Waals surface area contributed by atoms with Crippen LogP contribution in [0.5, 0.6) is 0 Å². The summed E-state index contributed by atoms with van der Waals surface area (Å²) in [7, 11) is 1.86. The molecule has 1 atom stereocenters. The molecule has 0 aromatic carbocycles. The van der Waals surface area contributed by atoms with Gasteiger partial charge in [-0.05, 0) is 18.6 Å². The predicted octanol–water partition coefficient (Wildman–Crippen LogP) is 1.92. The molecule has 0 bridgehead atoms. The summed E-state index contributed by atoms with van der Waals surface area (Å²) in [6.45, 7) is 1.51. The minimum absolute atomic E-state index is 0.235. The number of pyridine rings is 1. The summed E-state index contributed by atoms with van der Waals surface area (Å²) in [6.07, 6.45) is 3.31. The second kappa shape index (κ2) is 6.32. The zero-order valence-electron chi connectivity index (χ0n) is 12.0. The van der Waals surface area contributed by atoms with Crippen molar-refractivity contribution in [3.63, 3.8) is 0 Å². The van der Waals surface area contributed by atoms with Crippen molar-refractivity contribution in [2.45, 2.75) is 25.4 Å². The Morgan fingerprint density at radius 3 is 3.14 bits per heavy atom. The van der Waals surface area contributed by atoms with E-state index in [9.17, 15) is 4.79 Å². The first-order chi connectivity index (χ1) is 10.2. The van der Waals surface area contributed by atoms with Gasteiger partial charge in [0.05, 0.1) is 11.4 Å². The summed E-state index contributed by atoms with van der Waals surface area (Å²) in [5, 5.41) is 6.50. The van der Waals surface area contributed by atoms with Gasteiger partial charge in [-0.3, -0.25) is 9.78 Å². The maximum absolute atomic E-state index is 11.5. The standard InChI is InChI=1S/C15H18N4OS/c1-19-9-11(5-6-14(19)20)17-8-12-10-21-15(18-12)13-4-2-3-7-16-13/h2-4,7,10-11,17H,5-6,8-9H2,1H3. The van der Waals surface area contributed by atoms with E-state index in [1.165, 1.54) is 0 Å². The van der Waals surface area contributed by atoms with Crippen molar-refractivity contribution >= 4 is 17.2 Å². The zero-order chi connectivity index (χ0) is 14.7. The van der Waals surface area contributed by atoms with Crippen LogP contribution in [0.1, 0.15) is 18.5 Å². The Bertz CT molecular complexity index is 613. The molecule has 3 rings (SSSR count). The van der Waals surface area contributed by atoms with Gasteiger partial charge in [0.15, 0.2) is 0 Å². The minimum atomic E-state index is 0.235. The second-order valence-corrected chi connectivity index (χ2v) is 6.11. The van der Waals surface area contributed by atoms with E-state index < -0.39 is 0 Å². The van der Waals surface area contributed by atoms with Crippen LogP contribution in [0.15, 0.2) is 29.8 Å². The van der Waals surface area contributed by atoms with Crippen molar-refractivity contribution in [1.29, 1.82) is 0 Å². The average molecular weight is 302 g/mol. The fourth-order valence-electron chi connectivity index (χ4n) is 2.42. The van der Waals surface area contributed by atoms with E-state index in [1.54, 1.807) is 22.4 Å². The highest BCUT2D eigenvalue weighted by molar-refractivity contribution is 7.13. The fourth-order valence-corrected chi connectivity index (χ4v) is 3.22. The van der Waals surface area contributed by atoms with Gasteiger partial charge in [-0.25, -0.2) is 4.98 Å². The van der Waals surface area contributed by atoms with E-state index in [0.29, 0.717) is 12.5 Å². The van der Waals surface area contributed by atoms with Crippen LogP contribution in [0.3, 0.4) is 0 Å². The highest BCUT2D eigenvalue weighted by Gasteiger charge is 2.22. The van der Waals surface area contributed by atoms with Gasteiger partial charge in [-0.2, -0.15) is 0 Å². The summed E-state index contributed by atoms with van der Waals surface area (Å²) in [6, 6.07) is 6.20. The third kappa shape index (κ3) is 3.46. The molecule has 6 heteroatoms. The smallest absolute Gasteiger partial charge is 0.222 e. The SMILES string of the molecule is CN1CC(NCc2csc(-c3ccccn3)n2)CCC1=O. The number of likely N-dealkylation sites (tertiary alicyclic amines) is 1. The molecule has 1 unspecified atom stereocenters. The molecule has 5 nitrogen and oxygen atoms in total. The van der Waals surface area contributed by atoms with E-state index in [0.717, 1.165) is 35.9 Å². The maximum Gasteiger partial charge on any atom is 0.222 e. The molecule has 0 radical (unpaired) electrons. The van der Waals surface area contributed by atoms with Crippen molar-refractivity contribution in [3.05, 3.63) is 35.5 Å². The Hall–Kier alpha value is -1.79. The number of carbonyl (C=O) groups excluding carboxylic acids is 1. The average Bonchev–Trinajstić information content (AvgIpc) is 2.98. The molecule has 0 saturated carbocycles. The lowest BCUT2D eigenvalue weighted by Gasteiger charge is -2.30. The van der Waals surface area contributed by atoms with Gasteiger partial charge >= 0.3 is 0 Å². The maximum atomic E-state index is 11.5. The number of thiazole rings is 1. The Morgan fingerprint density at radius 2 is 2.38 bits per heavy atom. The number of piperidine rings is 1. The molecule has 1 saturated heterocycles. The van der Waals surface area contributed by atoms with Crippen molar-refractivity contribution in [1.82, 2.24) is 20.2 Å². The van der Waals surface area contributed by atoms with Gasteiger partial charge in [-0.1, -0.05) is 6.07 Å². The molecule has 2 aromatic heterocycles. The molecule has 3 heterocycles. The van der Waals surface area contributed by atoms with Crippen molar-refractivity contribution < 1.29 is 4.79 Å². The third-order valence-corrected chi connectivity index (χ3v) is 4.55. The molecule has 1 aliphatic rings. The lowest BCUT2D eigenvalue weighted by Crippen LogP contribution is -2.46. The molecule has 1 fully saturated rings. The van der Waals surface area contributed by atoms with Crippen molar-refractivity contribution in [2.24, 2.45) is 0 Å². The van der Waals surface area contributed by atoms with Crippen molar-refractivity contribution in [2.75, 3.05) is 13.6 Å². The summed E-state index contributed by atoms with van der Waals surface area (Å²) in [5.41, 5.74) is 1.94. The largest absolute Gasteiger partial charge is 0.344 e. The van der Waals surface area contributed by atoms with Gasteiger partial charge in [0.1, 0.15) is 5.01 Å². The normalized spacial score (nSPS) is 19.0. The van der Waals surface area contributed by atoms with E-state index in [-0.39, 0.29) is 5.91 Å². The Labute approximate surface area is 128 Å². The van der Waals surface area contributed by atoms with Gasteiger partial charge in [0.2, 0.25) is 5.91 Å². The quantitative estimate of drug-likeness (QED) is 0.937. The van der Waals surface area contributed by atoms with E-state index in [1.807, 2.05) is 25.2 Å². The van der Waals surface area contributed by atoms with Gasteiger partial charge < -0.3 is 10.2 Å². The summed E-state index contributed by atoms with van der Waals surface area (Å²) >= 11 is 1.61. The van der Waals surface area contributed by atoms with Crippen LogP contribution in [-0.4, -0.2) is 40.4 Å². The van der Waals surface area contributed by atoms with Gasteiger partial charge in [0, 0.05) is 44.2 Å². The van der Waals surface area contributed by atoms with E-state index in [4.69, 9.17) is 0 Å². The lowest BCUT2D eigenvalue weighted by atomic mass is 10.1. The first kappa shape index (κ1) is 14.2. The summed E-state index contributed by atoms with van der Waals surface area (Å²) in [4.78, 5) is 22.2. The molecule has 2 aromatic rings. The molecule has 1 amide bonds. The number of aromatic nitrogens is 2. The Kier molecular flexibility index (Phi) is 4.26. The van der Waals surface area contributed by atoms with Crippen LogP contribution in [0.4, 0.5) is 0 Å². The third-order valence-electron chi connectivity index (χ3n) is 3.63. The molecule has 110 valence electrons. The van der Waals surface area contributed by atoms with Crippen molar-refractivity contribution in [3.8, 4) is 10.7 Å². The highest BCUT2D eigenvalue weighted by Crippen LogP contribution is 2.21. The topological polar surface area (TPSA) is 58.1 Å². The summed E-state index contributed by atoms with van der Waals surface area (Å²) < 4.78 is 0. The molecule has 0 spiro atoms. The van der Waals surface area contributed by atoms with Crippen LogP contribution in [0.2, 0.25) is 0 Å². The summed E-state index contributed by atoms with van der Waals surface area (Å²) in [5.74, 6) is 0.235. The van der Waals surface area contributed by atoms with E-state index in [2.05, 4.69) is 20.7 Å². The molecule has 1 aliphatic heterocycles. The monoisotopic (exact) mass is 302 g/mol. The number of likely N-dealkylation sites (N-methyl/N-ethyl adjacent to an activating group) is 1. The molecule has 21 heavy (non-hydrogen) atoms. The molecule has 0 aliphatic carbocycles. The highest BCUT2D eigenvalue weighted by atomic mass is 32.1. The minimum Gasteiger partial charge on any atom is -0.344 e. The number of carbonyl (C=O) groups is 1. The Morgan fingerprint density at radius 1 is 1.48 bits per heavy atom. The van der Waals surface area contributed by atoms with Crippen LogP contribution in [0.25, 0.3) is 10.7 Å². The van der Waals surface area contributed by atoms with Gasteiger partial charge in [-0.15, -0.1) is 11.3 Å². The number of hydrogen-bond acceptors (Lipinski definition) is 5. The van der Waals surface area contributed by atoms with Crippen LogP contribution in [0, 0.1) is 0 Å². The molecular formula is C15H18N4OS. The fraction of sp³-hybridized carbons (Fsp3) is 0.400. The van der Waals surface area contributed by atoms with Crippen LogP contribution >= 0.6 is 11.3 Å². The first-order valence-electron chi connectivity index (χ1n) is 7.05. The molecule has 1 N–H and O–H groups in total. The zero-order valence-corrected chi connectivity index (χ0v) is 12.8. The van der Waals surface area contributed by atoms with Crippen LogP contribution in [-0.2, 0) is 11.3 Å². The van der Waals surface area contributed by atoms with Gasteiger partial charge in [0.25, 0.3) is 0 Å². The Balaban J connectivity index is 1.57. The van der Waals surface area contributed by atoms with E-state index >= 15 is 0 Å². The first-order valence-corrected chi connectivity index (χ1v) is 7.93. The number of nitrogens with one attached hydrogen (secondary N) is 1. The number of rotatable bonds is 4.